The van der Waals surface area contributed by atoms with Crippen LogP contribution in [0.5, 0.6) is 0 Å². The van der Waals surface area contributed by atoms with Crippen LogP contribution in [-0.2, 0) is 11.3 Å². The zero-order chi connectivity index (χ0) is 13.5. The van der Waals surface area contributed by atoms with Crippen LogP contribution in [0.1, 0.15) is 32.6 Å². The third kappa shape index (κ3) is 4.92. The van der Waals surface area contributed by atoms with E-state index in [2.05, 4.69) is 42.9 Å². The van der Waals surface area contributed by atoms with Gasteiger partial charge in [-0.2, -0.15) is 0 Å². The summed E-state index contributed by atoms with van der Waals surface area (Å²) in [6.07, 6.45) is 1.97. The van der Waals surface area contributed by atoms with E-state index in [4.69, 9.17) is 4.74 Å². The van der Waals surface area contributed by atoms with E-state index in [0.29, 0.717) is 12.1 Å². The van der Waals surface area contributed by atoms with Crippen molar-refractivity contribution in [2.24, 2.45) is 0 Å². The Morgan fingerprint density at radius 3 is 2.67 bits per heavy atom. The summed E-state index contributed by atoms with van der Waals surface area (Å²) in [4.78, 5) is 8.08. The fourth-order valence-electron chi connectivity index (χ4n) is 1.58. The molecule has 18 heavy (non-hydrogen) atoms. The summed E-state index contributed by atoms with van der Waals surface area (Å²) >= 11 is 1.76. The van der Waals surface area contributed by atoms with Gasteiger partial charge in [-0.15, -0.1) is 11.3 Å². The lowest BCUT2D eigenvalue weighted by molar-refractivity contribution is 0.204. The van der Waals surface area contributed by atoms with Gasteiger partial charge in [-0.3, -0.25) is 0 Å². The van der Waals surface area contributed by atoms with Crippen molar-refractivity contribution < 1.29 is 4.74 Å². The van der Waals surface area contributed by atoms with E-state index in [1.165, 1.54) is 4.88 Å². The van der Waals surface area contributed by atoms with Crippen molar-refractivity contribution in [3.63, 3.8) is 0 Å². The van der Waals surface area contributed by atoms with Gasteiger partial charge in [0.1, 0.15) is 0 Å². The highest BCUT2D eigenvalue weighted by atomic mass is 32.1. The molecule has 1 heterocycles. The molecule has 5 heteroatoms. The molecule has 0 spiro atoms. The molecule has 1 aromatic rings. The number of anilines is 1. The number of methoxy groups -OCH3 is 1. The lowest BCUT2D eigenvalue weighted by Gasteiger charge is -2.25. The number of hydrogen-bond acceptors (Lipinski definition) is 5. The predicted octanol–water partition coefficient (Wildman–Crippen LogP) is 2.50. The Balaban J connectivity index is 2.62. The molecular weight excluding hydrogens is 246 g/mol. The highest BCUT2D eigenvalue weighted by Gasteiger charge is 2.14. The van der Waals surface area contributed by atoms with Gasteiger partial charge in [-0.25, -0.2) is 4.98 Å². The molecule has 0 amide bonds. The van der Waals surface area contributed by atoms with Crippen molar-refractivity contribution in [1.29, 1.82) is 0 Å². The van der Waals surface area contributed by atoms with Crippen molar-refractivity contribution in [1.82, 2.24) is 10.3 Å². The monoisotopic (exact) mass is 271 g/mol. The summed E-state index contributed by atoms with van der Waals surface area (Å²) < 4.78 is 5.15. The van der Waals surface area contributed by atoms with Crippen LogP contribution in [-0.4, -0.2) is 37.3 Å². The maximum atomic E-state index is 5.15. The molecule has 0 bridgehead atoms. The second-order valence-electron chi connectivity index (χ2n) is 4.92. The minimum absolute atomic E-state index is 0.442. The normalized spacial score (nSPS) is 11.5. The first kappa shape index (κ1) is 15.4. The summed E-state index contributed by atoms with van der Waals surface area (Å²) in [5.74, 6) is 0. The minimum atomic E-state index is 0.442. The van der Waals surface area contributed by atoms with E-state index in [9.17, 15) is 0 Å². The number of aromatic nitrogens is 1. The molecule has 0 fully saturated rings. The lowest BCUT2D eigenvalue weighted by atomic mass is 10.3. The summed E-state index contributed by atoms with van der Waals surface area (Å²) in [7, 11) is 1.73. The molecule has 0 unspecified atom stereocenters. The van der Waals surface area contributed by atoms with E-state index in [0.717, 1.165) is 24.8 Å². The highest BCUT2D eigenvalue weighted by molar-refractivity contribution is 7.15. The van der Waals surface area contributed by atoms with Crippen molar-refractivity contribution in [3.05, 3.63) is 11.1 Å². The van der Waals surface area contributed by atoms with Crippen LogP contribution in [0.25, 0.3) is 0 Å². The second-order valence-corrected chi connectivity index (χ2v) is 6.02. The van der Waals surface area contributed by atoms with Crippen molar-refractivity contribution >= 4 is 16.5 Å². The number of nitrogens with one attached hydrogen (secondary N) is 1. The lowest BCUT2D eigenvalue weighted by Crippen LogP contribution is -2.33. The molecule has 0 atom stereocenters. The zero-order valence-corrected chi connectivity index (χ0v) is 12.9. The first-order chi connectivity index (χ1) is 8.54. The standard InChI is InChI=1S/C13H25N3OS/c1-10(2)14-8-12-9-15-13(18-12)16(11(3)4)6-7-17-5/h9-11,14H,6-8H2,1-5H3. The van der Waals surface area contributed by atoms with Crippen LogP contribution >= 0.6 is 11.3 Å². The second kappa shape index (κ2) is 7.71. The van der Waals surface area contributed by atoms with Gasteiger partial charge >= 0.3 is 0 Å². The summed E-state index contributed by atoms with van der Waals surface area (Å²) in [5.41, 5.74) is 0. The smallest absolute Gasteiger partial charge is 0.185 e. The van der Waals surface area contributed by atoms with E-state index >= 15 is 0 Å². The van der Waals surface area contributed by atoms with E-state index in [1.807, 2.05) is 6.20 Å². The molecule has 0 saturated heterocycles. The Morgan fingerprint density at radius 2 is 2.11 bits per heavy atom. The third-order valence-corrected chi connectivity index (χ3v) is 3.67. The third-order valence-electron chi connectivity index (χ3n) is 2.63. The predicted molar refractivity (Wildman–Crippen MR) is 78.4 cm³/mol. The van der Waals surface area contributed by atoms with Gasteiger partial charge in [0.05, 0.1) is 6.61 Å². The minimum Gasteiger partial charge on any atom is -0.383 e. The quantitative estimate of drug-likeness (QED) is 0.788. The molecule has 0 aliphatic rings. The van der Waals surface area contributed by atoms with E-state index < -0.39 is 0 Å². The fraction of sp³-hybridized carbons (Fsp3) is 0.769. The summed E-state index contributed by atoms with van der Waals surface area (Å²) in [5, 5.41) is 4.50. The number of ether oxygens (including phenoxy) is 1. The molecule has 0 saturated carbocycles. The van der Waals surface area contributed by atoms with Crippen LogP contribution in [0, 0.1) is 0 Å². The number of rotatable bonds is 8. The molecular formula is C13H25N3OS. The van der Waals surface area contributed by atoms with Crippen molar-refractivity contribution in [3.8, 4) is 0 Å². The molecule has 0 radical (unpaired) electrons. The van der Waals surface area contributed by atoms with Gasteiger partial charge in [0.15, 0.2) is 5.13 Å². The zero-order valence-electron chi connectivity index (χ0n) is 12.1. The van der Waals surface area contributed by atoms with Gasteiger partial charge < -0.3 is 15.0 Å². The van der Waals surface area contributed by atoms with Crippen LogP contribution < -0.4 is 10.2 Å². The Kier molecular flexibility index (Phi) is 6.60. The molecule has 1 aromatic heterocycles. The Labute approximate surface area is 114 Å². The molecule has 1 rings (SSSR count). The topological polar surface area (TPSA) is 37.4 Å². The van der Waals surface area contributed by atoms with Crippen molar-refractivity contribution in [2.75, 3.05) is 25.2 Å². The van der Waals surface area contributed by atoms with Gasteiger partial charge in [-0.1, -0.05) is 13.8 Å². The molecule has 0 aliphatic carbocycles. The van der Waals surface area contributed by atoms with E-state index in [1.54, 1.807) is 18.4 Å². The maximum absolute atomic E-state index is 5.15. The Bertz CT molecular complexity index is 339. The molecule has 1 N–H and O–H groups in total. The molecule has 0 aromatic carbocycles. The largest absolute Gasteiger partial charge is 0.383 e. The number of thiazole rings is 1. The molecule has 4 nitrogen and oxygen atoms in total. The Morgan fingerprint density at radius 1 is 1.39 bits per heavy atom. The van der Waals surface area contributed by atoms with Crippen molar-refractivity contribution in [2.45, 2.75) is 46.3 Å². The number of nitrogens with zero attached hydrogens (tertiary/aromatic N) is 2. The van der Waals surface area contributed by atoms with Crippen LogP contribution in [0.15, 0.2) is 6.20 Å². The average Bonchev–Trinajstić information content (AvgIpc) is 2.75. The number of hydrogen-bond donors (Lipinski definition) is 1. The molecule has 0 aliphatic heterocycles. The van der Waals surface area contributed by atoms with Gasteiger partial charge in [-0.05, 0) is 13.8 Å². The van der Waals surface area contributed by atoms with Crippen LogP contribution in [0.4, 0.5) is 5.13 Å². The highest BCUT2D eigenvalue weighted by Crippen LogP contribution is 2.24. The van der Waals surface area contributed by atoms with E-state index in [-0.39, 0.29) is 0 Å². The van der Waals surface area contributed by atoms with Gasteiger partial charge in [0, 0.05) is 43.4 Å². The fourth-order valence-corrected chi connectivity index (χ4v) is 2.60. The Hall–Kier alpha value is -0.650. The summed E-state index contributed by atoms with van der Waals surface area (Å²) in [6, 6.07) is 0.947. The van der Waals surface area contributed by atoms with Gasteiger partial charge in [0.2, 0.25) is 0 Å². The first-order valence-electron chi connectivity index (χ1n) is 6.48. The average molecular weight is 271 g/mol. The summed E-state index contributed by atoms with van der Waals surface area (Å²) in [6.45, 7) is 11.2. The van der Waals surface area contributed by atoms with Crippen LogP contribution in [0.2, 0.25) is 0 Å². The maximum Gasteiger partial charge on any atom is 0.185 e. The van der Waals surface area contributed by atoms with Crippen LogP contribution in [0.3, 0.4) is 0 Å². The SMILES string of the molecule is COCCN(c1ncc(CNC(C)C)s1)C(C)C. The first-order valence-corrected chi connectivity index (χ1v) is 7.30. The van der Waals surface area contributed by atoms with Gasteiger partial charge in [0.25, 0.3) is 0 Å². The molecule has 104 valence electrons.